The number of methoxy groups -OCH3 is 1. The Balaban J connectivity index is 2.93. The van der Waals surface area contributed by atoms with Crippen molar-refractivity contribution in [2.45, 2.75) is 39.4 Å². The lowest BCUT2D eigenvalue weighted by atomic mass is 10.1. The van der Waals surface area contributed by atoms with Crippen LogP contribution in [0.3, 0.4) is 0 Å². The minimum atomic E-state index is -0.494. The van der Waals surface area contributed by atoms with E-state index >= 15 is 0 Å². The molecule has 0 saturated heterocycles. The third-order valence-electron chi connectivity index (χ3n) is 2.57. The van der Waals surface area contributed by atoms with E-state index in [0.29, 0.717) is 5.75 Å². The van der Waals surface area contributed by atoms with Crippen molar-refractivity contribution in [1.29, 1.82) is 0 Å². The molecule has 0 amide bonds. The van der Waals surface area contributed by atoms with E-state index in [1.807, 2.05) is 25.1 Å². The average Bonchev–Trinajstić information content (AvgIpc) is 2.29. The normalized spacial score (nSPS) is 14.3. The summed E-state index contributed by atoms with van der Waals surface area (Å²) < 4.78 is 11.0. The van der Waals surface area contributed by atoms with Gasteiger partial charge in [-0.3, -0.25) is 0 Å². The zero-order valence-electron chi connectivity index (χ0n) is 10.4. The van der Waals surface area contributed by atoms with Crippen molar-refractivity contribution >= 4 is 0 Å². The summed E-state index contributed by atoms with van der Waals surface area (Å²) >= 11 is 0. The summed E-state index contributed by atoms with van der Waals surface area (Å²) in [6.07, 6.45) is 0.610. The molecule has 3 heteroatoms. The summed E-state index contributed by atoms with van der Waals surface area (Å²) in [5.74, 6) is 1.39. The highest BCUT2D eigenvalue weighted by Gasteiger charge is 2.10. The first-order chi connectivity index (χ1) is 7.58. The second-order valence-electron chi connectivity index (χ2n) is 3.92. The van der Waals surface area contributed by atoms with Crippen LogP contribution in [0.25, 0.3) is 0 Å². The van der Waals surface area contributed by atoms with Gasteiger partial charge in [-0.05, 0) is 38.0 Å². The van der Waals surface area contributed by atoms with Gasteiger partial charge in [-0.1, -0.05) is 13.0 Å². The number of hydrogen-bond acceptors (Lipinski definition) is 3. The predicted molar refractivity (Wildman–Crippen MR) is 64.0 cm³/mol. The molecule has 0 aliphatic rings. The number of rotatable bonds is 5. The molecule has 16 heavy (non-hydrogen) atoms. The highest BCUT2D eigenvalue weighted by atomic mass is 16.5. The average molecular weight is 224 g/mol. The van der Waals surface area contributed by atoms with Gasteiger partial charge in [0.05, 0.1) is 19.3 Å². The fourth-order valence-electron chi connectivity index (χ4n) is 1.34. The van der Waals surface area contributed by atoms with Crippen LogP contribution in [-0.2, 0) is 0 Å². The van der Waals surface area contributed by atoms with E-state index in [1.165, 1.54) is 0 Å². The Kier molecular flexibility index (Phi) is 4.62. The van der Waals surface area contributed by atoms with E-state index < -0.39 is 6.10 Å². The van der Waals surface area contributed by atoms with E-state index in [0.717, 1.165) is 17.7 Å². The fraction of sp³-hybridized carbons (Fsp3) is 0.538. The topological polar surface area (TPSA) is 38.7 Å². The predicted octanol–water partition coefficient (Wildman–Crippen LogP) is 2.93. The summed E-state index contributed by atoms with van der Waals surface area (Å²) in [7, 11) is 1.60. The number of aliphatic hydroxyl groups is 1. The van der Waals surface area contributed by atoms with Crippen LogP contribution in [0, 0.1) is 0 Å². The first kappa shape index (κ1) is 12.8. The minimum absolute atomic E-state index is 0.159. The van der Waals surface area contributed by atoms with Gasteiger partial charge in [0, 0.05) is 0 Å². The van der Waals surface area contributed by atoms with E-state index in [4.69, 9.17) is 9.47 Å². The van der Waals surface area contributed by atoms with Crippen LogP contribution >= 0.6 is 0 Å². The smallest absolute Gasteiger partial charge is 0.161 e. The Labute approximate surface area is 97.0 Å². The molecule has 0 spiro atoms. The Morgan fingerprint density at radius 1 is 1.25 bits per heavy atom. The van der Waals surface area contributed by atoms with Gasteiger partial charge >= 0.3 is 0 Å². The van der Waals surface area contributed by atoms with Crippen molar-refractivity contribution in [1.82, 2.24) is 0 Å². The maximum absolute atomic E-state index is 9.47. The molecular weight excluding hydrogens is 204 g/mol. The quantitative estimate of drug-likeness (QED) is 0.835. The van der Waals surface area contributed by atoms with Crippen LogP contribution in [0.2, 0.25) is 0 Å². The molecular formula is C13H20O3. The lowest BCUT2D eigenvalue weighted by Crippen LogP contribution is -2.10. The molecule has 0 aliphatic carbocycles. The molecule has 3 nitrogen and oxygen atoms in total. The fourth-order valence-corrected chi connectivity index (χ4v) is 1.34. The van der Waals surface area contributed by atoms with Crippen LogP contribution in [0.5, 0.6) is 11.5 Å². The second-order valence-corrected chi connectivity index (χ2v) is 3.92. The van der Waals surface area contributed by atoms with Crippen molar-refractivity contribution in [2.24, 2.45) is 0 Å². The molecule has 2 atom stereocenters. The first-order valence-electron chi connectivity index (χ1n) is 5.61. The largest absolute Gasteiger partial charge is 0.493 e. The molecule has 0 radical (unpaired) electrons. The Hall–Kier alpha value is -1.22. The number of ether oxygens (including phenoxy) is 2. The molecule has 0 fully saturated rings. The third-order valence-corrected chi connectivity index (χ3v) is 2.57. The van der Waals surface area contributed by atoms with Crippen LogP contribution in [-0.4, -0.2) is 18.3 Å². The van der Waals surface area contributed by atoms with E-state index in [-0.39, 0.29) is 6.10 Å². The van der Waals surface area contributed by atoms with Crippen molar-refractivity contribution < 1.29 is 14.6 Å². The van der Waals surface area contributed by atoms with Gasteiger partial charge in [-0.15, -0.1) is 0 Å². The van der Waals surface area contributed by atoms with Crippen LogP contribution in [0.1, 0.15) is 38.9 Å². The van der Waals surface area contributed by atoms with Crippen LogP contribution in [0.4, 0.5) is 0 Å². The summed E-state index contributed by atoms with van der Waals surface area (Å²) in [6.45, 7) is 5.81. The van der Waals surface area contributed by atoms with Gasteiger partial charge in [0.25, 0.3) is 0 Å². The number of benzene rings is 1. The standard InChI is InChI=1S/C13H20O3/c1-5-9(2)16-12-7-6-11(10(3)14)8-13(12)15-4/h6-10,14H,5H2,1-4H3. The molecule has 2 unspecified atom stereocenters. The van der Waals surface area contributed by atoms with Gasteiger partial charge in [-0.2, -0.15) is 0 Å². The van der Waals surface area contributed by atoms with E-state index in [9.17, 15) is 5.11 Å². The maximum Gasteiger partial charge on any atom is 0.161 e. The second kappa shape index (κ2) is 5.75. The van der Waals surface area contributed by atoms with Gasteiger partial charge in [0.2, 0.25) is 0 Å². The summed E-state index contributed by atoms with van der Waals surface area (Å²) in [5.41, 5.74) is 0.827. The molecule has 1 aromatic rings. The lowest BCUT2D eigenvalue weighted by Gasteiger charge is -2.16. The molecule has 1 aromatic carbocycles. The molecule has 90 valence electrons. The van der Waals surface area contributed by atoms with Gasteiger partial charge < -0.3 is 14.6 Å². The Morgan fingerprint density at radius 3 is 2.44 bits per heavy atom. The van der Waals surface area contributed by atoms with Crippen molar-refractivity contribution in [3.63, 3.8) is 0 Å². The maximum atomic E-state index is 9.47. The monoisotopic (exact) mass is 224 g/mol. The highest BCUT2D eigenvalue weighted by molar-refractivity contribution is 5.43. The molecule has 0 aromatic heterocycles. The third kappa shape index (κ3) is 3.14. The zero-order chi connectivity index (χ0) is 12.1. The van der Waals surface area contributed by atoms with Gasteiger partial charge in [0.15, 0.2) is 11.5 Å². The van der Waals surface area contributed by atoms with Gasteiger partial charge in [0.1, 0.15) is 0 Å². The first-order valence-corrected chi connectivity index (χ1v) is 5.61. The molecule has 0 bridgehead atoms. The zero-order valence-corrected chi connectivity index (χ0v) is 10.4. The van der Waals surface area contributed by atoms with Crippen molar-refractivity contribution in [3.8, 4) is 11.5 Å². The summed E-state index contributed by atoms with van der Waals surface area (Å²) in [4.78, 5) is 0. The Morgan fingerprint density at radius 2 is 1.94 bits per heavy atom. The van der Waals surface area contributed by atoms with Crippen molar-refractivity contribution in [2.75, 3.05) is 7.11 Å². The number of aliphatic hydroxyl groups excluding tert-OH is 1. The molecule has 1 rings (SSSR count). The van der Waals surface area contributed by atoms with Crippen LogP contribution < -0.4 is 9.47 Å². The van der Waals surface area contributed by atoms with Crippen LogP contribution in [0.15, 0.2) is 18.2 Å². The van der Waals surface area contributed by atoms with E-state index in [2.05, 4.69) is 6.92 Å². The lowest BCUT2D eigenvalue weighted by molar-refractivity contribution is 0.195. The summed E-state index contributed by atoms with van der Waals surface area (Å²) in [6, 6.07) is 5.50. The minimum Gasteiger partial charge on any atom is -0.493 e. The highest BCUT2D eigenvalue weighted by Crippen LogP contribution is 2.31. The van der Waals surface area contributed by atoms with Gasteiger partial charge in [-0.25, -0.2) is 0 Å². The van der Waals surface area contributed by atoms with E-state index in [1.54, 1.807) is 14.0 Å². The molecule has 0 heterocycles. The molecule has 0 saturated carbocycles. The summed E-state index contributed by atoms with van der Waals surface area (Å²) in [5, 5.41) is 9.47. The Bertz CT molecular complexity index is 334. The molecule has 0 aliphatic heterocycles. The SMILES string of the molecule is CCC(C)Oc1ccc(C(C)O)cc1OC. The van der Waals surface area contributed by atoms with Crippen molar-refractivity contribution in [3.05, 3.63) is 23.8 Å². The molecule has 1 N–H and O–H groups in total. The number of hydrogen-bond donors (Lipinski definition) is 1.